The van der Waals surface area contributed by atoms with E-state index < -0.39 is 10.7 Å². The van der Waals surface area contributed by atoms with Crippen molar-refractivity contribution in [2.24, 2.45) is 5.92 Å². The quantitative estimate of drug-likeness (QED) is 0.207. The molecule has 0 fully saturated rings. The van der Waals surface area contributed by atoms with E-state index in [0.29, 0.717) is 12.1 Å². The minimum Gasteiger partial charge on any atom is -0.289 e. The highest BCUT2D eigenvalue weighted by Gasteiger charge is 2.41. The Morgan fingerprint density at radius 1 is 1.03 bits per heavy atom. The van der Waals surface area contributed by atoms with E-state index in [9.17, 15) is 24.5 Å². The first-order valence-corrected chi connectivity index (χ1v) is 9.87. The number of rotatable bonds is 6. The Kier molecular flexibility index (Phi) is 5.06. The molecule has 8 nitrogen and oxygen atoms in total. The van der Waals surface area contributed by atoms with E-state index in [-0.39, 0.29) is 52.2 Å². The van der Waals surface area contributed by atoms with Crippen LogP contribution in [-0.4, -0.2) is 26.8 Å². The first-order chi connectivity index (χ1) is 14.8. The van der Waals surface area contributed by atoms with Crippen molar-refractivity contribution in [3.8, 4) is 0 Å². The summed E-state index contributed by atoms with van der Waals surface area (Å²) >= 11 is 0. The number of nitro benzene ring substituents is 1. The molecular formula is C23H20N3O5+. The fraction of sp³-hybridized carbons (Fsp3) is 0.217. The molecule has 8 heteroatoms. The number of Topliss-reactive ketones (excluding diaryl/α,β-unsaturated/α-hetero) is 1. The van der Waals surface area contributed by atoms with Crippen LogP contribution in [0.3, 0.4) is 0 Å². The maximum atomic E-state index is 13.3. The molecule has 0 saturated heterocycles. The number of imidazole rings is 1. The third-order valence-corrected chi connectivity index (χ3v) is 5.20. The van der Waals surface area contributed by atoms with Gasteiger partial charge in [-0.15, -0.1) is 0 Å². The summed E-state index contributed by atoms with van der Waals surface area (Å²) in [7, 11) is 0. The third kappa shape index (κ3) is 3.46. The second-order valence-corrected chi connectivity index (χ2v) is 7.89. The van der Waals surface area contributed by atoms with Crippen molar-refractivity contribution < 1.29 is 23.9 Å². The van der Waals surface area contributed by atoms with E-state index in [1.165, 1.54) is 22.8 Å². The number of nitrogens with zero attached hydrogens (tertiary/aromatic N) is 3. The van der Waals surface area contributed by atoms with Crippen molar-refractivity contribution >= 4 is 23.0 Å². The Bertz CT molecular complexity index is 1260. The number of para-hydroxylation sites is 1. The van der Waals surface area contributed by atoms with Gasteiger partial charge in [0.2, 0.25) is 35.1 Å². The normalized spacial score (nSPS) is 12.6. The zero-order chi connectivity index (χ0) is 22.3. The zero-order valence-corrected chi connectivity index (χ0v) is 17.1. The van der Waals surface area contributed by atoms with Crippen LogP contribution in [0.5, 0.6) is 0 Å². The third-order valence-electron chi connectivity index (χ3n) is 5.20. The van der Waals surface area contributed by atoms with E-state index >= 15 is 0 Å². The molecule has 0 amide bonds. The lowest BCUT2D eigenvalue weighted by atomic mass is 9.89. The monoisotopic (exact) mass is 418 g/mol. The van der Waals surface area contributed by atoms with Crippen molar-refractivity contribution in [2.45, 2.75) is 26.9 Å². The van der Waals surface area contributed by atoms with Crippen LogP contribution in [0.4, 0.5) is 5.69 Å². The second kappa shape index (κ2) is 7.71. The van der Waals surface area contributed by atoms with Crippen LogP contribution in [0.15, 0.2) is 54.9 Å². The highest BCUT2D eigenvalue weighted by atomic mass is 16.6. The molecule has 1 aromatic heterocycles. The average Bonchev–Trinajstić information content (AvgIpc) is 3.09. The van der Waals surface area contributed by atoms with E-state index in [1.807, 2.05) is 13.8 Å². The van der Waals surface area contributed by atoms with Crippen molar-refractivity contribution in [3.05, 3.63) is 93.1 Å². The van der Waals surface area contributed by atoms with Crippen LogP contribution in [0.1, 0.15) is 56.3 Å². The van der Waals surface area contributed by atoms with Crippen molar-refractivity contribution in [3.63, 3.8) is 0 Å². The predicted molar refractivity (Wildman–Crippen MR) is 110 cm³/mol. The lowest BCUT2D eigenvalue weighted by molar-refractivity contribution is -0.684. The molecule has 0 saturated carbocycles. The molecular weight excluding hydrogens is 398 g/mol. The minimum atomic E-state index is -0.609. The van der Waals surface area contributed by atoms with Gasteiger partial charge >= 0.3 is 0 Å². The Hall–Kier alpha value is -3.94. The summed E-state index contributed by atoms with van der Waals surface area (Å²) in [5, 5.41) is 11.3. The molecule has 31 heavy (non-hydrogen) atoms. The van der Waals surface area contributed by atoms with Crippen LogP contribution < -0.4 is 4.57 Å². The molecule has 0 atom stereocenters. The van der Waals surface area contributed by atoms with Crippen LogP contribution in [0.25, 0.3) is 0 Å². The van der Waals surface area contributed by atoms with Crippen LogP contribution in [0.2, 0.25) is 0 Å². The number of carbonyl (C=O) groups excluding carboxylic acids is 3. The topological polar surface area (TPSA) is 103 Å². The van der Waals surface area contributed by atoms with Crippen molar-refractivity contribution in [2.75, 3.05) is 0 Å². The van der Waals surface area contributed by atoms with Gasteiger partial charge in [0, 0.05) is 17.2 Å². The van der Waals surface area contributed by atoms with Crippen LogP contribution >= 0.6 is 0 Å². The average molecular weight is 418 g/mol. The lowest BCUT2D eigenvalue weighted by Crippen LogP contribution is -2.43. The molecule has 0 bridgehead atoms. The number of fused-ring (bicyclic) bond motifs is 2. The summed E-state index contributed by atoms with van der Waals surface area (Å²) in [4.78, 5) is 50.1. The molecule has 0 radical (unpaired) electrons. The van der Waals surface area contributed by atoms with Gasteiger partial charge in [0.05, 0.1) is 17.0 Å². The van der Waals surface area contributed by atoms with E-state index in [0.717, 1.165) is 0 Å². The minimum absolute atomic E-state index is 0.0413. The Morgan fingerprint density at radius 2 is 1.65 bits per heavy atom. The number of hydrogen-bond donors (Lipinski definition) is 0. The largest absolute Gasteiger partial charge is 0.289 e. The van der Waals surface area contributed by atoms with E-state index in [2.05, 4.69) is 0 Å². The maximum absolute atomic E-state index is 13.3. The predicted octanol–water partition coefficient (Wildman–Crippen LogP) is 3.00. The molecule has 0 spiro atoms. The van der Waals surface area contributed by atoms with Gasteiger partial charge in [-0.05, 0) is 12.0 Å². The van der Waals surface area contributed by atoms with Gasteiger partial charge in [-0.1, -0.05) is 50.2 Å². The summed E-state index contributed by atoms with van der Waals surface area (Å²) in [5.41, 5.74) is 0.662. The molecule has 0 N–H and O–H groups in total. The molecule has 156 valence electrons. The van der Waals surface area contributed by atoms with Crippen LogP contribution in [-0.2, 0) is 13.1 Å². The van der Waals surface area contributed by atoms with Gasteiger partial charge in [0.1, 0.15) is 0 Å². The number of hydrogen-bond acceptors (Lipinski definition) is 5. The maximum Gasteiger partial charge on any atom is 0.280 e. The summed E-state index contributed by atoms with van der Waals surface area (Å²) in [6.07, 6.45) is 1.58. The summed E-state index contributed by atoms with van der Waals surface area (Å²) in [5.74, 6) is -0.942. The van der Waals surface area contributed by atoms with Gasteiger partial charge in [-0.2, -0.15) is 0 Å². The fourth-order valence-corrected chi connectivity index (χ4v) is 3.93. The number of nitro groups is 1. The Balaban J connectivity index is 1.83. The Labute approximate surface area is 177 Å². The molecule has 1 aliphatic rings. The zero-order valence-electron chi connectivity index (χ0n) is 17.1. The molecule has 1 aliphatic carbocycles. The number of ketones is 3. The van der Waals surface area contributed by atoms with E-state index in [4.69, 9.17) is 0 Å². The summed E-state index contributed by atoms with van der Waals surface area (Å²) in [6.45, 7) is 4.16. The summed E-state index contributed by atoms with van der Waals surface area (Å²) in [6, 6.07) is 12.3. The molecule has 3 aromatic rings. The fourth-order valence-electron chi connectivity index (χ4n) is 3.93. The van der Waals surface area contributed by atoms with Gasteiger partial charge in [-0.25, -0.2) is 9.13 Å². The molecule has 1 heterocycles. The van der Waals surface area contributed by atoms with Gasteiger partial charge < -0.3 is 0 Å². The number of carbonyl (C=O) groups is 3. The Morgan fingerprint density at radius 3 is 2.29 bits per heavy atom. The standard InChI is InChI=1S/C23H20N3O5/c1-14(2)11-24-13-25(12-19(27)17-9-5-6-10-18(17)26(30)31)21-20(24)22(28)15-7-3-4-8-16(15)23(21)29/h3-10,13-14H,11-12H2,1-2H3/q+1. The van der Waals surface area contributed by atoms with Gasteiger partial charge in [0.25, 0.3) is 5.69 Å². The highest BCUT2D eigenvalue weighted by Crippen LogP contribution is 2.26. The first-order valence-electron chi connectivity index (χ1n) is 9.87. The SMILES string of the molecule is CC(C)Cn1c[n+](CC(=O)c2ccccc2[N+](=O)[O-])c2c1C(=O)c1ccccc1C2=O. The van der Waals surface area contributed by atoms with Crippen molar-refractivity contribution in [1.29, 1.82) is 0 Å². The van der Waals surface area contributed by atoms with Gasteiger partial charge in [-0.3, -0.25) is 24.5 Å². The first kappa shape index (κ1) is 20.3. The lowest BCUT2D eigenvalue weighted by Gasteiger charge is -2.13. The van der Waals surface area contributed by atoms with Crippen LogP contribution in [0, 0.1) is 16.0 Å². The summed E-state index contributed by atoms with van der Waals surface area (Å²) < 4.78 is 3.13. The smallest absolute Gasteiger partial charge is 0.280 e. The number of benzene rings is 2. The number of aromatic nitrogens is 2. The molecule has 0 aliphatic heterocycles. The molecule has 4 rings (SSSR count). The second-order valence-electron chi connectivity index (χ2n) is 7.89. The van der Waals surface area contributed by atoms with Crippen molar-refractivity contribution in [1.82, 2.24) is 4.57 Å². The highest BCUT2D eigenvalue weighted by molar-refractivity contribution is 6.26. The molecule has 2 aromatic carbocycles. The van der Waals surface area contributed by atoms with E-state index in [1.54, 1.807) is 41.2 Å². The molecule has 0 unspecified atom stereocenters. The van der Waals surface area contributed by atoms with Gasteiger partial charge in [0.15, 0.2) is 6.54 Å².